The molecule has 0 unspecified atom stereocenters. The van der Waals surface area contributed by atoms with Crippen molar-refractivity contribution in [3.05, 3.63) is 0 Å². The molecule has 0 aliphatic heterocycles. The van der Waals surface area contributed by atoms with Gasteiger partial charge >= 0.3 is 21.1 Å². The van der Waals surface area contributed by atoms with Gasteiger partial charge in [-0.05, 0) is 0 Å². The van der Waals surface area contributed by atoms with Crippen LogP contribution < -0.4 is 20.4 Å². The Labute approximate surface area is 186 Å². The van der Waals surface area contributed by atoms with Gasteiger partial charge in [0.2, 0.25) is 0 Å². The van der Waals surface area contributed by atoms with E-state index >= 15 is 0 Å². The van der Waals surface area contributed by atoms with Crippen molar-refractivity contribution >= 4 is 0 Å². The number of hydrogen-bond acceptors (Lipinski definition) is 4. The predicted octanol–water partition coefficient (Wildman–Crippen LogP) is 3.17. The maximum Gasteiger partial charge on any atom is 4.00 e. The first-order valence-electron chi connectivity index (χ1n) is 10.9. The maximum atomic E-state index is 9.53. The monoisotopic (exact) mass is 562 g/mol. The van der Waals surface area contributed by atoms with Crippen LogP contribution in [0.15, 0.2) is 0 Å². The molecule has 0 spiro atoms. The molecule has 0 aromatic heterocycles. The molecule has 0 saturated heterocycles. The zero-order chi connectivity index (χ0) is 21.3. The molecule has 0 fully saturated rings. The van der Waals surface area contributed by atoms with Gasteiger partial charge < -0.3 is 20.4 Å². The van der Waals surface area contributed by atoms with Gasteiger partial charge in [0.15, 0.2) is 0 Å². The zero-order valence-corrected chi connectivity index (χ0v) is 22.3. The van der Waals surface area contributed by atoms with E-state index in [9.17, 15) is 20.4 Å². The summed E-state index contributed by atoms with van der Waals surface area (Å²) in [6, 6.07) is 0. The van der Waals surface area contributed by atoms with Crippen LogP contribution >= 0.6 is 0 Å². The molecule has 168 valence electrons. The topological polar surface area (TPSA) is 92.2 Å². The van der Waals surface area contributed by atoms with Gasteiger partial charge in [0.25, 0.3) is 0 Å². The van der Waals surface area contributed by atoms with Gasteiger partial charge in [-0.2, -0.15) is 0 Å². The van der Waals surface area contributed by atoms with Crippen LogP contribution in [0.2, 0.25) is 0 Å². The summed E-state index contributed by atoms with van der Waals surface area (Å²) in [5.41, 5.74) is 0. The van der Waals surface area contributed by atoms with Crippen LogP contribution in [-0.4, -0.2) is 26.4 Å². The van der Waals surface area contributed by atoms with Crippen LogP contribution in [0.1, 0.15) is 119 Å². The first-order chi connectivity index (χ1) is 12.6. The molecule has 0 saturated carbocycles. The van der Waals surface area contributed by atoms with Crippen molar-refractivity contribution in [2.45, 2.75) is 119 Å². The van der Waals surface area contributed by atoms with E-state index < -0.39 is 0 Å². The fourth-order valence-electron chi connectivity index (χ4n) is 1.08. The third-order valence-electron chi connectivity index (χ3n) is 2.95. The quantitative estimate of drug-likeness (QED) is 0.362. The molecule has 0 radical (unpaired) electrons. The summed E-state index contributed by atoms with van der Waals surface area (Å²) in [6.07, 6.45) is 13.0. The molecule has 0 heterocycles. The van der Waals surface area contributed by atoms with Crippen molar-refractivity contribution in [3.63, 3.8) is 0 Å². The standard InChI is InChI=1S/C6H14.4C4H9O.W/c1-3-5-6-4-2;4*1-2-3-4-5;/h3-6H2,1-2H3;4*2-4H2,1H3;/q;4*-1;+4. The fraction of sp³-hybridized carbons (Fsp3) is 1.00. The van der Waals surface area contributed by atoms with Crippen molar-refractivity contribution in [3.8, 4) is 0 Å². The minimum atomic E-state index is 0. The molecular weight excluding hydrogens is 512 g/mol. The zero-order valence-electron chi connectivity index (χ0n) is 19.4. The Bertz CT molecular complexity index is 114. The predicted molar refractivity (Wildman–Crippen MR) is 109 cm³/mol. The Morgan fingerprint density at radius 2 is 0.481 bits per heavy atom. The van der Waals surface area contributed by atoms with Gasteiger partial charge in [-0.3, -0.25) is 0 Å². The average Bonchev–Trinajstić information content (AvgIpc) is 2.65. The Hall–Kier alpha value is 0.528. The molecule has 0 rings (SSSR count). The summed E-state index contributed by atoms with van der Waals surface area (Å²) in [5, 5.41) is 38.1. The van der Waals surface area contributed by atoms with Crippen molar-refractivity contribution in [2.75, 3.05) is 26.4 Å². The van der Waals surface area contributed by atoms with Crippen LogP contribution in [0.3, 0.4) is 0 Å². The summed E-state index contributed by atoms with van der Waals surface area (Å²) in [7, 11) is 0. The number of unbranched alkanes of at least 4 members (excludes halogenated alkanes) is 7. The molecule has 0 amide bonds. The van der Waals surface area contributed by atoms with Crippen molar-refractivity contribution in [1.82, 2.24) is 0 Å². The number of hydrogen-bond donors (Lipinski definition) is 0. The fourth-order valence-corrected chi connectivity index (χ4v) is 1.08. The largest absolute Gasteiger partial charge is 4.00 e. The summed E-state index contributed by atoms with van der Waals surface area (Å²) in [5.74, 6) is 0. The van der Waals surface area contributed by atoms with E-state index in [-0.39, 0.29) is 47.5 Å². The van der Waals surface area contributed by atoms with E-state index in [1.165, 1.54) is 25.7 Å². The molecular formula is C22H50O4W. The van der Waals surface area contributed by atoms with E-state index in [2.05, 4.69) is 13.8 Å². The van der Waals surface area contributed by atoms with Crippen LogP contribution in [0.25, 0.3) is 0 Å². The molecule has 0 aromatic carbocycles. The van der Waals surface area contributed by atoms with Crippen molar-refractivity contribution in [1.29, 1.82) is 0 Å². The molecule has 4 nitrogen and oxygen atoms in total. The Morgan fingerprint density at radius 1 is 0.333 bits per heavy atom. The molecule has 0 aliphatic carbocycles. The second kappa shape index (κ2) is 63.3. The maximum absolute atomic E-state index is 9.53. The minimum absolute atomic E-state index is 0. The van der Waals surface area contributed by atoms with Gasteiger partial charge in [-0.25, -0.2) is 0 Å². The summed E-state index contributed by atoms with van der Waals surface area (Å²) < 4.78 is 0. The van der Waals surface area contributed by atoms with Gasteiger partial charge in [0, 0.05) is 0 Å². The SMILES string of the molecule is CCCCCC.CCCC[O-].CCCC[O-].CCCC[O-].CCCC[O-].[W+4]. The van der Waals surface area contributed by atoms with Crippen molar-refractivity contribution < 1.29 is 41.5 Å². The van der Waals surface area contributed by atoms with Crippen LogP contribution in [0.4, 0.5) is 0 Å². The molecule has 0 aromatic rings. The summed E-state index contributed by atoms with van der Waals surface area (Å²) in [6.45, 7) is 12.9. The van der Waals surface area contributed by atoms with E-state index in [0.717, 1.165) is 51.4 Å². The van der Waals surface area contributed by atoms with E-state index in [4.69, 9.17) is 0 Å². The molecule has 0 N–H and O–H groups in total. The first kappa shape index (κ1) is 41.8. The molecule has 5 heteroatoms. The van der Waals surface area contributed by atoms with Gasteiger partial charge in [0.1, 0.15) is 0 Å². The molecule has 0 atom stereocenters. The first-order valence-corrected chi connectivity index (χ1v) is 10.9. The molecule has 27 heavy (non-hydrogen) atoms. The van der Waals surface area contributed by atoms with E-state index in [1.807, 2.05) is 27.7 Å². The Morgan fingerprint density at radius 3 is 0.519 bits per heavy atom. The molecule has 0 bridgehead atoms. The molecule has 0 aliphatic rings. The van der Waals surface area contributed by atoms with Gasteiger partial charge in [-0.1, -0.05) is 119 Å². The van der Waals surface area contributed by atoms with Gasteiger partial charge in [-0.15, -0.1) is 26.4 Å². The Balaban J connectivity index is -0.0000000507. The third kappa shape index (κ3) is 120. The second-order valence-electron chi connectivity index (χ2n) is 5.94. The minimum Gasteiger partial charge on any atom is -0.854 e. The summed E-state index contributed by atoms with van der Waals surface area (Å²) >= 11 is 0. The van der Waals surface area contributed by atoms with Gasteiger partial charge in [0.05, 0.1) is 0 Å². The van der Waals surface area contributed by atoms with Crippen molar-refractivity contribution in [2.24, 2.45) is 0 Å². The van der Waals surface area contributed by atoms with E-state index in [0.29, 0.717) is 0 Å². The number of rotatable bonds is 11. The Kier molecular flexibility index (Phi) is 98.0. The normalized spacial score (nSPS) is 8.22. The van der Waals surface area contributed by atoms with Crippen LogP contribution in [0.5, 0.6) is 0 Å². The second-order valence-corrected chi connectivity index (χ2v) is 5.94. The average molecular weight is 562 g/mol. The summed E-state index contributed by atoms with van der Waals surface area (Å²) in [4.78, 5) is 0. The third-order valence-corrected chi connectivity index (χ3v) is 2.95. The van der Waals surface area contributed by atoms with Crippen LogP contribution in [0, 0.1) is 0 Å². The smallest absolute Gasteiger partial charge is 0.854 e. The van der Waals surface area contributed by atoms with E-state index in [1.54, 1.807) is 0 Å². The van der Waals surface area contributed by atoms with Crippen LogP contribution in [-0.2, 0) is 21.1 Å².